The zero-order valence-electron chi connectivity index (χ0n) is 18.9. The van der Waals surface area contributed by atoms with Gasteiger partial charge in [0.1, 0.15) is 11.5 Å². The second-order valence-electron chi connectivity index (χ2n) is 8.39. The maximum atomic E-state index is 12.4. The fourth-order valence-corrected chi connectivity index (χ4v) is 4.36. The lowest BCUT2D eigenvalue weighted by molar-refractivity contribution is -0.121. The van der Waals surface area contributed by atoms with Crippen molar-refractivity contribution in [2.24, 2.45) is 5.92 Å². The molecule has 1 amide bonds. The lowest BCUT2D eigenvalue weighted by Crippen LogP contribution is -2.36. The number of nitrogens with zero attached hydrogens (tertiary/aromatic N) is 1. The second-order valence-corrected chi connectivity index (χ2v) is 8.39. The number of hydrogen-bond acceptors (Lipinski definition) is 4. The summed E-state index contributed by atoms with van der Waals surface area (Å²) in [6, 6.07) is 16.4. The van der Waals surface area contributed by atoms with Crippen LogP contribution in [0.25, 0.3) is 0 Å². The van der Waals surface area contributed by atoms with Crippen molar-refractivity contribution in [2.45, 2.75) is 45.1 Å². The molecule has 1 N–H and O–H groups in total. The molecule has 0 bridgehead atoms. The molecule has 1 fully saturated rings. The van der Waals surface area contributed by atoms with Crippen molar-refractivity contribution in [3.8, 4) is 11.5 Å². The standard InChI is InChI=1S/C26H36N2O3/c1-30-24-14-13-23(25(18-24)31-2)19-27-26(29)15-12-22-11-7-17-28(20-22)16-6-10-21-8-4-3-5-9-21/h3-5,8-9,13-14,18,22H,6-7,10-12,15-17,19-20H2,1-2H3,(H,27,29)/t22-/m0/s1. The molecule has 1 aliphatic rings. The van der Waals surface area contributed by atoms with Crippen LogP contribution >= 0.6 is 0 Å². The summed E-state index contributed by atoms with van der Waals surface area (Å²) in [6.45, 7) is 3.93. The minimum Gasteiger partial charge on any atom is -0.497 e. The molecular formula is C26H36N2O3. The molecule has 3 rings (SSSR count). The van der Waals surface area contributed by atoms with Crippen LogP contribution in [0.15, 0.2) is 48.5 Å². The molecule has 0 saturated carbocycles. The first-order chi connectivity index (χ1) is 15.2. The topological polar surface area (TPSA) is 50.8 Å². The number of nitrogens with one attached hydrogen (secondary N) is 1. The van der Waals surface area contributed by atoms with E-state index in [0.717, 1.165) is 43.0 Å². The highest BCUT2D eigenvalue weighted by atomic mass is 16.5. The van der Waals surface area contributed by atoms with E-state index in [0.29, 0.717) is 18.9 Å². The van der Waals surface area contributed by atoms with Crippen LogP contribution < -0.4 is 14.8 Å². The molecule has 168 valence electrons. The van der Waals surface area contributed by atoms with Crippen LogP contribution in [-0.4, -0.2) is 44.7 Å². The molecule has 2 aromatic rings. The van der Waals surface area contributed by atoms with Gasteiger partial charge in [-0.2, -0.15) is 0 Å². The normalized spacial score (nSPS) is 16.6. The number of amides is 1. The Hall–Kier alpha value is -2.53. The first-order valence-corrected chi connectivity index (χ1v) is 11.4. The van der Waals surface area contributed by atoms with Gasteiger partial charge in [-0.15, -0.1) is 0 Å². The Bertz CT molecular complexity index is 810. The highest BCUT2D eigenvalue weighted by Gasteiger charge is 2.20. The van der Waals surface area contributed by atoms with Gasteiger partial charge in [-0.25, -0.2) is 0 Å². The smallest absolute Gasteiger partial charge is 0.220 e. The van der Waals surface area contributed by atoms with E-state index in [1.807, 2.05) is 18.2 Å². The van der Waals surface area contributed by atoms with Gasteiger partial charge >= 0.3 is 0 Å². The highest BCUT2D eigenvalue weighted by Crippen LogP contribution is 2.25. The zero-order chi connectivity index (χ0) is 21.9. The van der Waals surface area contributed by atoms with Gasteiger partial charge in [-0.1, -0.05) is 30.3 Å². The highest BCUT2D eigenvalue weighted by molar-refractivity contribution is 5.75. The van der Waals surface area contributed by atoms with E-state index in [4.69, 9.17) is 9.47 Å². The molecular weight excluding hydrogens is 388 g/mol. The number of hydrogen-bond donors (Lipinski definition) is 1. The molecule has 0 unspecified atom stereocenters. The van der Waals surface area contributed by atoms with Crippen molar-refractivity contribution >= 4 is 5.91 Å². The van der Waals surface area contributed by atoms with Gasteiger partial charge in [0, 0.05) is 31.1 Å². The van der Waals surface area contributed by atoms with Crippen molar-refractivity contribution in [3.05, 3.63) is 59.7 Å². The molecule has 0 radical (unpaired) electrons. The molecule has 1 aliphatic heterocycles. The molecule has 1 atom stereocenters. The number of piperidine rings is 1. The number of benzene rings is 2. The quantitative estimate of drug-likeness (QED) is 0.579. The minimum atomic E-state index is 0.110. The Labute approximate surface area is 186 Å². The largest absolute Gasteiger partial charge is 0.497 e. The van der Waals surface area contributed by atoms with Crippen LogP contribution in [0.4, 0.5) is 0 Å². The molecule has 31 heavy (non-hydrogen) atoms. The first kappa shape index (κ1) is 23.1. The Morgan fingerprint density at radius 2 is 1.97 bits per heavy atom. The predicted molar refractivity (Wildman–Crippen MR) is 125 cm³/mol. The van der Waals surface area contributed by atoms with Gasteiger partial charge in [0.2, 0.25) is 5.91 Å². The SMILES string of the molecule is COc1ccc(CNC(=O)CC[C@@H]2CCCN(CCCc3ccccc3)C2)c(OC)c1. The van der Waals surface area contributed by atoms with E-state index >= 15 is 0 Å². The number of carbonyl (C=O) groups is 1. The van der Waals surface area contributed by atoms with Crippen molar-refractivity contribution in [1.82, 2.24) is 10.2 Å². The first-order valence-electron chi connectivity index (χ1n) is 11.4. The van der Waals surface area contributed by atoms with E-state index in [9.17, 15) is 4.79 Å². The lowest BCUT2D eigenvalue weighted by atomic mass is 9.93. The molecule has 0 spiro atoms. The van der Waals surface area contributed by atoms with Gasteiger partial charge in [0.15, 0.2) is 0 Å². The predicted octanol–water partition coefficient (Wildman–Crippen LogP) is 4.45. The summed E-state index contributed by atoms with van der Waals surface area (Å²) >= 11 is 0. The van der Waals surface area contributed by atoms with Crippen LogP contribution in [0, 0.1) is 5.92 Å². The van der Waals surface area contributed by atoms with Crippen LogP contribution in [0.5, 0.6) is 11.5 Å². The van der Waals surface area contributed by atoms with E-state index in [1.165, 1.54) is 31.4 Å². The Morgan fingerprint density at radius 3 is 2.74 bits per heavy atom. The summed E-state index contributed by atoms with van der Waals surface area (Å²) in [5.74, 6) is 2.21. The van der Waals surface area contributed by atoms with Crippen LogP contribution in [0.1, 0.15) is 43.2 Å². The molecule has 0 aromatic heterocycles. The second kappa shape index (κ2) is 12.4. The maximum Gasteiger partial charge on any atom is 0.220 e. The van der Waals surface area contributed by atoms with Crippen molar-refractivity contribution in [2.75, 3.05) is 33.9 Å². The van der Waals surface area contributed by atoms with Gasteiger partial charge in [-0.3, -0.25) is 4.79 Å². The van der Waals surface area contributed by atoms with Crippen molar-refractivity contribution in [3.63, 3.8) is 0 Å². The van der Waals surface area contributed by atoms with Gasteiger partial charge in [0.25, 0.3) is 0 Å². The van der Waals surface area contributed by atoms with E-state index < -0.39 is 0 Å². The average molecular weight is 425 g/mol. The summed E-state index contributed by atoms with van der Waals surface area (Å²) in [4.78, 5) is 15.0. The van der Waals surface area contributed by atoms with Crippen LogP contribution in [0.2, 0.25) is 0 Å². The monoisotopic (exact) mass is 424 g/mol. The number of aryl methyl sites for hydroxylation is 1. The van der Waals surface area contributed by atoms with Crippen molar-refractivity contribution in [1.29, 1.82) is 0 Å². The van der Waals surface area contributed by atoms with E-state index in [1.54, 1.807) is 14.2 Å². The Kier molecular flexibility index (Phi) is 9.22. The molecule has 5 nitrogen and oxygen atoms in total. The van der Waals surface area contributed by atoms with Gasteiger partial charge < -0.3 is 19.7 Å². The van der Waals surface area contributed by atoms with E-state index in [-0.39, 0.29) is 5.91 Å². The minimum absolute atomic E-state index is 0.110. The van der Waals surface area contributed by atoms with Crippen LogP contribution in [-0.2, 0) is 17.8 Å². The summed E-state index contributed by atoms with van der Waals surface area (Å²) in [7, 11) is 3.26. The van der Waals surface area contributed by atoms with Gasteiger partial charge in [0.05, 0.1) is 14.2 Å². The summed E-state index contributed by atoms with van der Waals surface area (Å²) < 4.78 is 10.6. The third kappa shape index (κ3) is 7.59. The third-order valence-electron chi connectivity index (χ3n) is 6.14. The fraction of sp³-hybridized carbons (Fsp3) is 0.500. The zero-order valence-corrected chi connectivity index (χ0v) is 18.9. The molecule has 1 saturated heterocycles. The number of ether oxygens (including phenoxy) is 2. The fourth-order valence-electron chi connectivity index (χ4n) is 4.36. The number of methoxy groups -OCH3 is 2. The summed E-state index contributed by atoms with van der Waals surface area (Å²) in [5, 5.41) is 3.04. The number of likely N-dealkylation sites (tertiary alicyclic amines) is 1. The molecule has 5 heteroatoms. The van der Waals surface area contributed by atoms with Crippen LogP contribution in [0.3, 0.4) is 0 Å². The number of rotatable bonds is 11. The molecule has 0 aliphatic carbocycles. The maximum absolute atomic E-state index is 12.4. The Balaban J connectivity index is 1.36. The average Bonchev–Trinajstić information content (AvgIpc) is 2.82. The Morgan fingerprint density at radius 1 is 1.13 bits per heavy atom. The number of carbonyl (C=O) groups excluding carboxylic acids is 1. The summed E-state index contributed by atoms with van der Waals surface area (Å²) in [5.41, 5.74) is 2.38. The lowest BCUT2D eigenvalue weighted by Gasteiger charge is -2.32. The molecule has 2 aromatic carbocycles. The van der Waals surface area contributed by atoms with Gasteiger partial charge in [-0.05, 0) is 68.8 Å². The third-order valence-corrected chi connectivity index (χ3v) is 6.14. The van der Waals surface area contributed by atoms with E-state index in [2.05, 4.69) is 40.5 Å². The molecule has 1 heterocycles. The summed E-state index contributed by atoms with van der Waals surface area (Å²) in [6.07, 6.45) is 6.34. The van der Waals surface area contributed by atoms with Crippen molar-refractivity contribution < 1.29 is 14.3 Å².